The molecule has 0 saturated carbocycles. The summed E-state index contributed by atoms with van der Waals surface area (Å²) in [6, 6.07) is 9.00. The largest absolute Gasteiger partial charge is 0.328 e. The van der Waals surface area contributed by atoms with Crippen LogP contribution in [0.25, 0.3) is 0 Å². The highest BCUT2D eigenvalue weighted by atomic mass is 32.2. The minimum Gasteiger partial charge on any atom is -0.328 e. The van der Waals surface area contributed by atoms with Crippen molar-refractivity contribution in [2.45, 2.75) is 25.0 Å². The molecule has 1 aliphatic heterocycles. The number of hydrogen-bond donors (Lipinski definition) is 2. The summed E-state index contributed by atoms with van der Waals surface area (Å²) < 4.78 is 3.49. The molecule has 144 valence electrons. The van der Waals surface area contributed by atoms with Gasteiger partial charge in [0.25, 0.3) is 5.91 Å². The summed E-state index contributed by atoms with van der Waals surface area (Å²) in [6.07, 6.45) is 3.66. The number of allylic oxidation sites excluding steroid dienone is 1. The number of hydrogen-bond acceptors (Lipinski definition) is 6. The van der Waals surface area contributed by atoms with E-state index in [0.717, 1.165) is 22.7 Å². The van der Waals surface area contributed by atoms with Crippen LogP contribution in [0.3, 0.4) is 0 Å². The summed E-state index contributed by atoms with van der Waals surface area (Å²) in [5.74, 6) is 1.31. The van der Waals surface area contributed by atoms with Crippen molar-refractivity contribution in [3.8, 4) is 0 Å². The van der Waals surface area contributed by atoms with E-state index in [2.05, 4.69) is 32.7 Å². The van der Waals surface area contributed by atoms with Crippen LogP contribution in [0.2, 0.25) is 0 Å². The topological polar surface area (TPSA) is 89.7 Å². The lowest BCUT2D eigenvalue weighted by Gasteiger charge is -2.27. The summed E-state index contributed by atoms with van der Waals surface area (Å²) in [7, 11) is 1.85. The summed E-state index contributed by atoms with van der Waals surface area (Å²) in [6.45, 7) is 3.94. The zero-order valence-corrected chi connectivity index (χ0v) is 16.7. The van der Waals surface area contributed by atoms with E-state index in [9.17, 15) is 4.79 Å². The molecular weight excluding hydrogens is 374 g/mol. The van der Waals surface area contributed by atoms with Gasteiger partial charge in [0.1, 0.15) is 6.04 Å². The SMILES string of the molecule is CCSc1nc2n(n1)[C@@H](c1cnn(C)c1)C(C(=O)Nc1ccccc1)=C(C)N2. The maximum Gasteiger partial charge on any atom is 0.255 e. The third kappa shape index (κ3) is 3.40. The molecule has 0 radical (unpaired) electrons. The molecule has 3 aromatic rings. The number of aromatic nitrogens is 5. The monoisotopic (exact) mass is 395 g/mol. The minimum atomic E-state index is -0.410. The quantitative estimate of drug-likeness (QED) is 0.646. The number of para-hydroxylation sites is 1. The lowest BCUT2D eigenvalue weighted by Crippen LogP contribution is -2.31. The lowest BCUT2D eigenvalue weighted by molar-refractivity contribution is -0.113. The number of fused-ring (bicyclic) bond motifs is 1. The molecule has 1 amide bonds. The van der Waals surface area contributed by atoms with E-state index in [1.54, 1.807) is 27.3 Å². The average molecular weight is 395 g/mol. The molecule has 4 rings (SSSR count). The van der Waals surface area contributed by atoms with Crippen LogP contribution in [0.1, 0.15) is 25.5 Å². The van der Waals surface area contributed by atoms with Crippen LogP contribution in [-0.4, -0.2) is 36.2 Å². The Morgan fingerprint density at radius 2 is 2.11 bits per heavy atom. The van der Waals surface area contributed by atoms with E-state index in [4.69, 9.17) is 0 Å². The lowest BCUT2D eigenvalue weighted by atomic mass is 9.97. The fraction of sp³-hybridized carbons (Fsp3) is 0.263. The number of amides is 1. The van der Waals surface area contributed by atoms with Crippen LogP contribution < -0.4 is 10.6 Å². The molecule has 0 fully saturated rings. The van der Waals surface area contributed by atoms with Crippen molar-refractivity contribution in [2.75, 3.05) is 16.4 Å². The highest BCUT2D eigenvalue weighted by molar-refractivity contribution is 7.99. The number of aryl methyl sites for hydroxylation is 1. The smallest absolute Gasteiger partial charge is 0.255 e. The fourth-order valence-electron chi connectivity index (χ4n) is 3.23. The molecule has 1 aliphatic rings. The number of carbonyl (C=O) groups is 1. The van der Waals surface area contributed by atoms with Crippen molar-refractivity contribution in [3.63, 3.8) is 0 Å². The Hall–Kier alpha value is -3.07. The highest BCUT2D eigenvalue weighted by Gasteiger charge is 2.35. The van der Waals surface area contributed by atoms with Gasteiger partial charge >= 0.3 is 0 Å². The van der Waals surface area contributed by atoms with E-state index in [1.165, 1.54) is 0 Å². The first-order valence-corrected chi connectivity index (χ1v) is 9.97. The Labute approximate surface area is 167 Å². The van der Waals surface area contributed by atoms with Gasteiger partial charge in [-0.1, -0.05) is 36.9 Å². The predicted octanol–water partition coefficient (Wildman–Crippen LogP) is 3.05. The molecule has 0 unspecified atom stereocenters. The number of nitrogens with zero attached hydrogens (tertiary/aromatic N) is 5. The van der Waals surface area contributed by atoms with E-state index in [-0.39, 0.29) is 5.91 Å². The van der Waals surface area contributed by atoms with Gasteiger partial charge in [-0.15, -0.1) is 5.10 Å². The van der Waals surface area contributed by atoms with Crippen molar-refractivity contribution in [3.05, 3.63) is 59.6 Å². The van der Waals surface area contributed by atoms with E-state index in [1.807, 2.05) is 50.5 Å². The number of nitrogens with one attached hydrogen (secondary N) is 2. The van der Waals surface area contributed by atoms with Gasteiger partial charge in [-0.2, -0.15) is 10.1 Å². The number of benzene rings is 1. The number of anilines is 2. The van der Waals surface area contributed by atoms with Gasteiger partial charge in [0.05, 0.1) is 11.8 Å². The van der Waals surface area contributed by atoms with Gasteiger partial charge in [-0.05, 0) is 24.8 Å². The number of carbonyl (C=O) groups excluding carboxylic acids is 1. The van der Waals surface area contributed by atoms with Crippen LogP contribution in [0.5, 0.6) is 0 Å². The molecule has 1 atom stereocenters. The van der Waals surface area contributed by atoms with Crippen molar-refractivity contribution in [1.82, 2.24) is 24.5 Å². The summed E-state index contributed by atoms with van der Waals surface area (Å²) in [5.41, 5.74) is 2.95. The number of rotatable bonds is 5. The molecule has 8 nitrogen and oxygen atoms in total. The molecule has 1 aromatic carbocycles. The first kappa shape index (κ1) is 18.3. The molecule has 9 heteroatoms. The van der Waals surface area contributed by atoms with E-state index in [0.29, 0.717) is 16.7 Å². The summed E-state index contributed by atoms with van der Waals surface area (Å²) in [4.78, 5) is 17.8. The molecule has 28 heavy (non-hydrogen) atoms. The second kappa shape index (κ2) is 7.51. The van der Waals surface area contributed by atoms with Crippen LogP contribution >= 0.6 is 11.8 Å². The first-order valence-electron chi connectivity index (χ1n) is 8.99. The molecule has 0 saturated heterocycles. The molecule has 0 bridgehead atoms. The zero-order valence-electron chi connectivity index (χ0n) is 15.9. The summed E-state index contributed by atoms with van der Waals surface area (Å²) >= 11 is 1.56. The standard InChI is InChI=1S/C19H21N7OS/c1-4-28-19-23-18-21-12(2)15(17(27)22-14-8-6-5-7-9-14)16(26(18)24-19)13-10-20-25(3)11-13/h5-11,16H,4H2,1-3H3,(H,22,27)(H,21,23,24)/t16-/m0/s1. The van der Waals surface area contributed by atoms with Crippen molar-refractivity contribution in [1.29, 1.82) is 0 Å². The van der Waals surface area contributed by atoms with Gasteiger partial charge in [-0.25, -0.2) is 4.68 Å². The highest BCUT2D eigenvalue weighted by Crippen LogP contribution is 2.36. The second-order valence-corrected chi connectivity index (χ2v) is 7.66. The molecule has 2 aromatic heterocycles. The van der Waals surface area contributed by atoms with Crippen molar-refractivity contribution in [2.24, 2.45) is 7.05 Å². The van der Waals surface area contributed by atoms with E-state index >= 15 is 0 Å². The Balaban J connectivity index is 1.77. The van der Waals surface area contributed by atoms with Gasteiger partial charge in [-0.3, -0.25) is 9.48 Å². The Kier molecular flexibility index (Phi) is 4.91. The molecular formula is C19H21N7OS. The summed E-state index contributed by atoms with van der Waals surface area (Å²) in [5, 5.41) is 15.8. The second-order valence-electron chi connectivity index (χ2n) is 6.43. The Morgan fingerprint density at radius 3 is 2.79 bits per heavy atom. The molecule has 0 aliphatic carbocycles. The van der Waals surface area contributed by atoms with Gasteiger partial charge in [0, 0.05) is 30.2 Å². The maximum absolute atomic E-state index is 13.2. The van der Waals surface area contributed by atoms with Crippen LogP contribution in [0.4, 0.5) is 11.6 Å². The first-order chi connectivity index (χ1) is 13.6. The van der Waals surface area contributed by atoms with Gasteiger partial charge < -0.3 is 10.6 Å². The Morgan fingerprint density at radius 1 is 1.32 bits per heavy atom. The third-order valence-electron chi connectivity index (χ3n) is 4.42. The fourth-order valence-corrected chi connectivity index (χ4v) is 3.78. The van der Waals surface area contributed by atoms with Crippen LogP contribution in [0, 0.1) is 0 Å². The van der Waals surface area contributed by atoms with Crippen molar-refractivity contribution < 1.29 is 4.79 Å². The molecule has 3 heterocycles. The van der Waals surface area contributed by atoms with Gasteiger partial charge in [0.2, 0.25) is 11.1 Å². The normalized spacial score (nSPS) is 15.9. The molecule has 0 spiro atoms. The predicted molar refractivity (Wildman–Crippen MR) is 109 cm³/mol. The number of thioether (sulfide) groups is 1. The third-order valence-corrected chi connectivity index (χ3v) is 5.14. The average Bonchev–Trinajstić information content (AvgIpc) is 3.27. The van der Waals surface area contributed by atoms with Crippen molar-refractivity contribution >= 4 is 29.3 Å². The van der Waals surface area contributed by atoms with E-state index < -0.39 is 6.04 Å². The minimum absolute atomic E-state index is 0.184. The zero-order chi connectivity index (χ0) is 19.7. The maximum atomic E-state index is 13.2. The van der Waals surface area contributed by atoms with Crippen LogP contribution in [0.15, 0.2) is 59.2 Å². The Bertz CT molecular complexity index is 1040. The van der Waals surface area contributed by atoms with Gasteiger partial charge in [0.15, 0.2) is 0 Å². The molecule has 2 N–H and O–H groups in total. The van der Waals surface area contributed by atoms with Crippen LogP contribution in [-0.2, 0) is 11.8 Å².